The minimum absolute atomic E-state index is 0.0968. The quantitative estimate of drug-likeness (QED) is 0.929. The van der Waals surface area contributed by atoms with Gasteiger partial charge in [0.25, 0.3) is 0 Å². The van der Waals surface area contributed by atoms with Crippen LogP contribution in [0.4, 0.5) is 0 Å². The normalized spacial score (nSPS) is 17.6. The van der Waals surface area contributed by atoms with Gasteiger partial charge >= 0.3 is 0 Å². The van der Waals surface area contributed by atoms with Crippen molar-refractivity contribution in [2.24, 2.45) is 5.73 Å². The number of fused-ring (bicyclic) bond motifs is 1. The minimum atomic E-state index is 0.0968. The maximum Gasteiger partial charge on any atom is 0.218 e. The average Bonchev–Trinajstić information content (AvgIpc) is 2.48. The molecule has 1 aromatic carbocycles. The molecule has 0 bridgehead atoms. The monoisotopic (exact) mass is 268 g/mol. The van der Waals surface area contributed by atoms with E-state index in [0.717, 1.165) is 30.5 Å². The predicted octanol–water partition coefficient (Wildman–Crippen LogP) is 3.31. The van der Waals surface area contributed by atoms with Gasteiger partial charge in [0, 0.05) is 17.8 Å². The lowest BCUT2D eigenvalue weighted by molar-refractivity contribution is 0.173. The molecule has 1 aromatic heterocycles. The molecule has 1 aliphatic rings. The average molecular weight is 268 g/mol. The van der Waals surface area contributed by atoms with Crippen molar-refractivity contribution in [1.29, 1.82) is 0 Å². The molecule has 2 aromatic rings. The standard InChI is InChI=1S/C17H20N2O/c1-12-9-10-14(11-18)17(19-12)20-16-8-4-6-13-5-2-3-7-15(13)16/h2-3,5,7,9-10,16H,4,6,8,11,18H2,1H3. The third kappa shape index (κ3) is 2.54. The van der Waals surface area contributed by atoms with Crippen LogP contribution in [0.3, 0.4) is 0 Å². The second kappa shape index (κ2) is 5.63. The molecule has 1 heterocycles. The Morgan fingerprint density at radius 2 is 2.10 bits per heavy atom. The molecule has 0 radical (unpaired) electrons. The fraction of sp³-hybridized carbons (Fsp3) is 0.353. The zero-order valence-electron chi connectivity index (χ0n) is 11.8. The SMILES string of the molecule is Cc1ccc(CN)c(OC2CCCc3ccccc32)n1. The van der Waals surface area contributed by atoms with E-state index in [-0.39, 0.29) is 6.10 Å². The largest absolute Gasteiger partial charge is 0.469 e. The first-order valence-electron chi connectivity index (χ1n) is 7.19. The highest BCUT2D eigenvalue weighted by atomic mass is 16.5. The second-order valence-corrected chi connectivity index (χ2v) is 5.32. The van der Waals surface area contributed by atoms with E-state index in [0.29, 0.717) is 12.4 Å². The molecule has 0 amide bonds. The number of pyridine rings is 1. The molecule has 104 valence electrons. The molecule has 20 heavy (non-hydrogen) atoms. The fourth-order valence-corrected chi connectivity index (χ4v) is 2.79. The minimum Gasteiger partial charge on any atom is -0.469 e. The molecule has 0 spiro atoms. The maximum absolute atomic E-state index is 6.19. The number of hydrogen-bond acceptors (Lipinski definition) is 3. The molecule has 0 saturated carbocycles. The van der Waals surface area contributed by atoms with E-state index in [2.05, 4.69) is 29.2 Å². The number of ether oxygens (including phenoxy) is 1. The molecule has 1 unspecified atom stereocenters. The van der Waals surface area contributed by atoms with Crippen LogP contribution in [-0.4, -0.2) is 4.98 Å². The Morgan fingerprint density at radius 1 is 1.25 bits per heavy atom. The third-order valence-electron chi connectivity index (χ3n) is 3.87. The van der Waals surface area contributed by atoms with Gasteiger partial charge in [-0.05, 0) is 43.4 Å². The van der Waals surface area contributed by atoms with Crippen LogP contribution in [0.1, 0.15) is 41.3 Å². The second-order valence-electron chi connectivity index (χ2n) is 5.32. The highest BCUT2D eigenvalue weighted by Gasteiger charge is 2.22. The zero-order valence-corrected chi connectivity index (χ0v) is 11.8. The molecule has 3 rings (SSSR count). The van der Waals surface area contributed by atoms with Gasteiger partial charge in [-0.15, -0.1) is 0 Å². The number of hydrogen-bond donors (Lipinski definition) is 1. The predicted molar refractivity (Wildman–Crippen MR) is 79.6 cm³/mol. The van der Waals surface area contributed by atoms with Crippen LogP contribution in [0.25, 0.3) is 0 Å². The Morgan fingerprint density at radius 3 is 2.95 bits per heavy atom. The Bertz CT molecular complexity index is 610. The van der Waals surface area contributed by atoms with E-state index >= 15 is 0 Å². The van der Waals surface area contributed by atoms with Crippen LogP contribution in [0.5, 0.6) is 5.88 Å². The van der Waals surface area contributed by atoms with Gasteiger partial charge in [0.2, 0.25) is 5.88 Å². The summed E-state index contributed by atoms with van der Waals surface area (Å²) in [5.74, 6) is 0.689. The van der Waals surface area contributed by atoms with Gasteiger partial charge in [0.05, 0.1) is 0 Å². The summed E-state index contributed by atoms with van der Waals surface area (Å²) in [4.78, 5) is 4.51. The van der Waals surface area contributed by atoms with E-state index in [1.807, 2.05) is 19.1 Å². The van der Waals surface area contributed by atoms with Gasteiger partial charge in [0.1, 0.15) is 6.10 Å². The first-order chi connectivity index (χ1) is 9.78. The van der Waals surface area contributed by atoms with E-state index in [4.69, 9.17) is 10.5 Å². The van der Waals surface area contributed by atoms with Crippen molar-refractivity contribution in [2.45, 2.75) is 38.8 Å². The molecule has 3 nitrogen and oxygen atoms in total. The van der Waals surface area contributed by atoms with Crippen molar-refractivity contribution in [2.75, 3.05) is 0 Å². The highest BCUT2D eigenvalue weighted by molar-refractivity contribution is 5.34. The lowest BCUT2D eigenvalue weighted by Gasteiger charge is -2.26. The maximum atomic E-state index is 6.19. The summed E-state index contributed by atoms with van der Waals surface area (Å²) in [6, 6.07) is 12.5. The van der Waals surface area contributed by atoms with Crippen LogP contribution < -0.4 is 10.5 Å². The Labute approximate surface area is 119 Å². The summed E-state index contributed by atoms with van der Waals surface area (Å²) in [6.45, 7) is 2.43. The summed E-state index contributed by atoms with van der Waals surface area (Å²) in [6.07, 6.45) is 3.43. The van der Waals surface area contributed by atoms with Crippen molar-refractivity contribution in [3.8, 4) is 5.88 Å². The van der Waals surface area contributed by atoms with E-state index in [9.17, 15) is 0 Å². The lowest BCUT2D eigenvalue weighted by atomic mass is 9.89. The molecule has 1 atom stereocenters. The molecular weight excluding hydrogens is 248 g/mol. The smallest absolute Gasteiger partial charge is 0.218 e. The molecule has 0 fully saturated rings. The van der Waals surface area contributed by atoms with Crippen molar-refractivity contribution in [3.05, 3.63) is 58.8 Å². The van der Waals surface area contributed by atoms with E-state index in [1.165, 1.54) is 11.1 Å². The van der Waals surface area contributed by atoms with E-state index in [1.54, 1.807) is 0 Å². The Hall–Kier alpha value is -1.87. The van der Waals surface area contributed by atoms with Crippen LogP contribution in [-0.2, 0) is 13.0 Å². The Balaban J connectivity index is 1.91. The number of rotatable bonds is 3. The van der Waals surface area contributed by atoms with Crippen LogP contribution >= 0.6 is 0 Å². The number of nitrogens with two attached hydrogens (primary N) is 1. The number of benzene rings is 1. The topological polar surface area (TPSA) is 48.1 Å². The number of nitrogens with zero attached hydrogens (tertiary/aromatic N) is 1. The summed E-state index contributed by atoms with van der Waals surface area (Å²) in [5.41, 5.74) is 10.4. The van der Waals surface area contributed by atoms with Gasteiger partial charge < -0.3 is 10.5 Å². The number of aryl methyl sites for hydroxylation is 2. The fourth-order valence-electron chi connectivity index (χ4n) is 2.79. The van der Waals surface area contributed by atoms with Crippen molar-refractivity contribution >= 4 is 0 Å². The van der Waals surface area contributed by atoms with Gasteiger partial charge in [-0.1, -0.05) is 30.3 Å². The van der Waals surface area contributed by atoms with Crippen LogP contribution in [0.2, 0.25) is 0 Å². The summed E-state index contributed by atoms with van der Waals surface area (Å²) in [7, 11) is 0. The van der Waals surface area contributed by atoms with Gasteiger partial charge in [-0.25, -0.2) is 4.98 Å². The van der Waals surface area contributed by atoms with Gasteiger partial charge in [0.15, 0.2) is 0 Å². The third-order valence-corrected chi connectivity index (χ3v) is 3.87. The summed E-state index contributed by atoms with van der Waals surface area (Å²) < 4.78 is 6.19. The van der Waals surface area contributed by atoms with Crippen molar-refractivity contribution in [1.82, 2.24) is 4.98 Å². The molecule has 0 saturated heterocycles. The van der Waals surface area contributed by atoms with Crippen LogP contribution in [0, 0.1) is 6.92 Å². The summed E-state index contributed by atoms with van der Waals surface area (Å²) in [5, 5.41) is 0. The highest BCUT2D eigenvalue weighted by Crippen LogP contribution is 2.33. The first kappa shape index (κ1) is 13.1. The van der Waals surface area contributed by atoms with Crippen molar-refractivity contribution in [3.63, 3.8) is 0 Å². The molecular formula is C17H20N2O. The Kier molecular flexibility index (Phi) is 3.70. The first-order valence-corrected chi connectivity index (χ1v) is 7.19. The summed E-state index contributed by atoms with van der Waals surface area (Å²) >= 11 is 0. The van der Waals surface area contributed by atoms with E-state index < -0.39 is 0 Å². The molecule has 2 N–H and O–H groups in total. The van der Waals surface area contributed by atoms with Gasteiger partial charge in [-0.2, -0.15) is 0 Å². The lowest BCUT2D eigenvalue weighted by Crippen LogP contribution is -2.17. The van der Waals surface area contributed by atoms with Crippen LogP contribution in [0.15, 0.2) is 36.4 Å². The van der Waals surface area contributed by atoms with Gasteiger partial charge in [-0.3, -0.25) is 0 Å². The molecule has 3 heteroatoms. The zero-order chi connectivity index (χ0) is 13.9. The number of aromatic nitrogens is 1. The molecule has 1 aliphatic carbocycles. The molecule has 0 aliphatic heterocycles. The van der Waals surface area contributed by atoms with Crippen molar-refractivity contribution < 1.29 is 4.74 Å².